The van der Waals surface area contributed by atoms with Crippen molar-refractivity contribution in [3.05, 3.63) is 125 Å². The van der Waals surface area contributed by atoms with E-state index in [1.165, 1.54) is 5.56 Å². The molecule has 2 aliphatic heterocycles. The van der Waals surface area contributed by atoms with Gasteiger partial charge in [-0.25, -0.2) is 0 Å². The van der Waals surface area contributed by atoms with Crippen molar-refractivity contribution >= 4 is 17.4 Å². The zero-order chi connectivity index (χ0) is 27.3. The predicted octanol–water partition coefficient (Wildman–Crippen LogP) is 6.68. The summed E-state index contributed by atoms with van der Waals surface area (Å²) < 4.78 is 5.89. The maximum atomic E-state index is 14.8. The van der Waals surface area contributed by atoms with Crippen molar-refractivity contribution in [1.82, 2.24) is 4.90 Å². The lowest BCUT2D eigenvalue weighted by Gasteiger charge is -2.36. The Labute approximate surface area is 230 Å². The average molecular weight is 519 g/mol. The first kappa shape index (κ1) is 25.3. The fourth-order valence-corrected chi connectivity index (χ4v) is 6.66. The molecule has 1 amide bonds. The number of ketones is 1. The Kier molecular flexibility index (Phi) is 6.27. The molecule has 0 saturated carbocycles. The van der Waals surface area contributed by atoms with Gasteiger partial charge in [-0.2, -0.15) is 0 Å². The number of likely N-dealkylation sites (tertiary alicyclic amines) is 1. The lowest BCUT2D eigenvalue weighted by atomic mass is 9.71. The molecule has 0 radical (unpaired) electrons. The quantitative estimate of drug-likeness (QED) is 0.267. The molecule has 0 N–H and O–H groups in total. The van der Waals surface area contributed by atoms with Crippen LogP contribution < -0.4 is 4.90 Å². The summed E-state index contributed by atoms with van der Waals surface area (Å²) in [5.74, 6) is 0.107. The minimum absolute atomic E-state index is 0.0306. The van der Waals surface area contributed by atoms with Crippen molar-refractivity contribution in [3.63, 3.8) is 0 Å². The van der Waals surface area contributed by atoms with E-state index in [1.807, 2.05) is 84.7 Å². The zero-order valence-electron chi connectivity index (χ0n) is 22.9. The average Bonchev–Trinajstić information content (AvgIpc) is 3.64. The molecule has 1 spiro atoms. The minimum Gasteiger partial charge on any atom is -0.469 e. The number of benzene rings is 3. The third-order valence-corrected chi connectivity index (χ3v) is 8.74. The molecule has 6 rings (SSSR count). The van der Waals surface area contributed by atoms with Gasteiger partial charge in [0.2, 0.25) is 0 Å². The number of likely N-dealkylation sites (N-methyl/N-ethyl adjacent to an activating group) is 1. The van der Waals surface area contributed by atoms with Crippen LogP contribution in [0.5, 0.6) is 0 Å². The van der Waals surface area contributed by atoms with Crippen molar-refractivity contribution < 1.29 is 14.0 Å². The standard InChI is InChI=1S/C34H34N2O3/c1-22(2)24-15-17-25(18-16-24)32(37)31-27(30-14-9-19-39-30)21-35(4)34(31)28-12-7-8-13-29(28)36(33(34)38)20-26-11-6-5-10-23(26)3/h5-19,22,27,31H,20-21H2,1-4H3/t27-,31-,34+/m1/s1. The number of nitrogens with zero attached hydrogens (tertiary/aromatic N) is 2. The lowest BCUT2D eigenvalue weighted by Crippen LogP contribution is -2.53. The highest BCUT2D eigenvalue weighted by molar-refractivity contribution is 6.13. The maximum absolute atomic E-state index is 14.8. The van der Waals surface area contributed by atoms with Crippen molar-refractivity contribution in [3.8, 4) is 0 Å². The lowest BCUT2D eigenvalue weighted by molar-refractivity contribution is -0.129. The van der Waals surface area contributed by atoms with Crippen molar-refractivity contribution in [2.75, 3.05) is 18.5 Å². The van der Waals surface area contributed by atoms with E-state index < -0.39 is 11.5 Å². The number of furan rings is 1. The molecule has 1 fully saturated rings. The Morgan fingerprint density at radius 3 is 2.38 bits per heavy atom. The summed E-state index contributed by atoms with van der Waals surface area (Å²) in [6.07, 6.45) is 1.65. The number of Topliss-reactive ketones (excluding diaryl/α,β-unsaturated/α-hetero) is 1. The zero-order valence-corrected chi connectivity index (χ0v) is 22.9. The van der Waals surface area contributed by atoms with E-state index >= 15 is 0 Å². The Balaban J connectivity index is 1.51. The van der Waals surface area contributed by atoms with Gasteiger partial charge in [-0.1, -0.05) is 80.6 Å². The van der Waals surface area contributed by atoms with Crippen LogP contribution in [0.2, 0.25) is 0 Å². The molecule has 5 nitrogen and oxygen atoms in total. The summed E-state index contributed by atoms with van der Waals surface area (Å²) in [5.41, 5.74) is 4.65. The number of aryl methyl sites for hydroxylation is 1. The summed E-state index contributed by atoms with van der Waals surface area (Å²) in [7, 11) is 1.97. The second-order valence-corrected chi connectivity index (χ2v) is 11.2. The third-order valence-electron chi connectivity index (χ3n) is 8.74. The van der Waals surface area contributed by atoms with Crippen molar-refractivity contribution in [2.45, 2.75) is 44.7 Å². The fourth-order valence-electron chi connectivity index (χ4n) is 6.66. The van der Waals surface area contributed by atoms with Crippen LogP contribution in [-0.4, -0.2) is 30.2 Å². The molecular weight excluding hydrogens is 484 g/mol. The molecule has 4 aromatic rings. The molecule has 3 aromatic carbocycles. The summed E-state index contributed by atoms with van der Waals surface area (Å²) >= 11 is 0. The number of fused-ring (bicyclic) bond motifs is 2. The maximum Gasteiger partial charge on any atom is 0.253 e. The van der Waals surface area contributed by atoms with E-state index in [9.17, 15) is 9.59 Å². The van der Waals surface area contributed by atoms with Crippen LogP contribution in [0, 0.1) is 12.8 Å². The van der Waals surface area contributed by atoms with E-state index in [2.05, 4.69) is 37.8 Å². The molecule has 198 valence electrons. The third kappa shape index (κ3) is 3.87. The normalized spacial score (nSPS) is 22.7. The second-order valence-electron chi connectivity index (χ2n) is 11.2. The van der Waals surface area contributed by atoms with Crippen LogP contribution in [-0.2, 0) is 16.9 Å². The first-order chi connectivity index (χ1) is 18.8. The number of carbonyl (C=O) groups is 2. The molecular formula is C34H34N2O3. The van der Waals surface area contributed by atoms with Gasteiger partial charge in [0.15, 0.2) is 5.78 Å². The second kappa shape index (κ2) is 9.65. The largest absolute Gasteiger partial charge is 0.469 e. The Morgan fingerprint density at radius 2 is 1.69 bits per heavy atom. The number of carbonyl (C=O) groups excluding carboxylic acids is 2. The van der Waals surface area contributed by atoms with Gasteiger partial charge >= 0.3 is 0 Å². The molecule has 5 heteroatoms. The van der Waals surface area contributed by atoms with E-state index in [0.717, 1.165) is 28.1 Å². The van der Waals surface area contributed by atoms with Gasteiger partial charge in [-0.05, 0) is 54.8 Å². The van der Waals surface area contributed by atoms with Gasteiger partial charge in [0.1, 0.15) is 11.3 Å². The Hall–Kier alpha value is -3.96. The first-order valence-electron chi connectivity index (χ1n) is 13.7. The highest BCUT2D eigenvalue weighted by Gasteiger charge is 2.66. The molecule has 0 bridgehead atoms. The van der Waals surface area contributed by atoms with E-state index in [4.69, 9.17) is 4.42 Å². The van der Waals surface area contributed by atoms with Gasteiger partial charge in [0.05, 0.1) is 18.7 Å². The SMILES string of the molecule is Cc1ccccc1CN1C(=O)[C@]2(c3ccccc31)[C@@H](C(=O)c1ccc(C(C)C)cc1)[C@@H](c1ccco1)CN2C. The number of anilines is 1. The van der Waals surface area contributed by atoms with Gasteiger partial charge in [-0.3, -0.25) is 14.5 Å². The molecule has 1 saturated heterocycles. The van der Waals surface area contributed by atoms with Crippen LogP contribution in [0.4, 0.5) is 5.69 Å². The molecule has 2 aliphatic rings. The van der Waals surface area contributed by atoms with Gasteiger partial charge in [-0.15, -0.1) is 0 Å². The van der Waals surface area contributed by atoms with Crippen molar-refractivity contribution in [1.29, 1.82) is 0 Å². The van der Waals surface area contributed by atoms with E-state index in [1.54, 1.807) is 6.26 Å². The molecule has 3 heterocycles. The summed E-state index contributed by atoms with van der Waals surface area (Å²) in [5, 5.41) is 0. The van der Waals surface area contributed by atoms with E-state index in [-0.39, 0.29) is 17.6 Å². The highest BCUT2D eigenvalue weighted by atomic mass is 16.3. The highest BCUT2D eigenvalue weighted by Crippen LogP contribution is 2.57. The first-order valence-corrected chi connectivity index (χ1v) is 13.7. The molecule has 3 atom stereocenters. The predicted molar refractivity (Wildman–Crippen MR) is 153 cm³/mol. The molecule has 39 heavy (non-hydrogen) atoms. The van der Waals surface area contributed by atoms with Gasteiger partial charge < -0.3 is 9.32 Å². The number of hydrogen-bond acceptors (Lipinski definition) is 4. The molecule has 0 aliphatic carbocycles. The summed E-state index contributed by atoms with van der Waals surface area (Å²) in [6.45, 7) is 7.34. The molecule has 0 unspecified atom stereocenters. The van der Waals surface area contributed by atoms with Gasteiger partial charge in [0.25, 0.3) is 5.91 Å². The van der Waals surface area contributed by atoms with Crippen LogP contribution in [0.25, 0.3) is 0 Å². The number of rotatable bonds is 6. The molecule has 1 aromatic heterocycles. The number of amides is 1. The summed E-state index contributed by atoms with van der Waals surface area (Å²) in [4.78, 5) is 33.4. The monoisotopic (exact) mass is 518 g/mol. The van der Waals surface area contributed by atoms with E-state index in [0.29, 0.717) is 24.6 Å². The fraction of sp³-hybridized carbons (Fsp3) is 0.294. The van der Waals surface area contributed by atoms with Crippen molar-refractivity contribution in [2.24, 2.45) is 5.92 Å². The van der Waals surface area contributed by atoms with Crippen LogP contribution in [0.1, 0.15) is 64.1 Å². The van der Waals surface area contributed by atoms with Crippen LogP contribution in [0.3, 0.4) is 0 Å². The Bertz CT molecular complexity index is 1520. The van der Waals surface area contributed by atoms with Crippen LogP contribution >= 0.6 is 0 Å². The number of para-hydroxylation sites is 1. The minimum atomic E-state index is -1.13. The smallest absolute Gasteiger partial charge is 0.253 e. The topological polar surface area (TPSA) is 53.8 Å². The number of hydrogen-bond donors (Lipinski definition) is 0. The summed E-state index contributed by atoms with van der Waals surface area (Å²) in [6, 6.07) is 27.8. The van der Waals surface area contributed by atoms with Gasteiger partial charge in [0, 0.05) is 29.3 Å². The Morgan fingerprint density at radius 1 is 0.974 bits per heavy atom. The van der Waals surface area contributed by atoms with Crippen LogP contribution in [0.15, 0.2) is 95.6 Å².